The predicted molar refractivity (Wildman–Crippen MR) is 64.0 cm³/mol. The molecule has 2 aromatic rings. The summed E-state index contributed by atoms with van der Waals surface area (Å²) in [5, 5.41) is 0. The molecule has 0 bridgehead atoms. The Morgan fingerprint density at radius 3 is 2.40 bits per heavy atom. The second-order valence-corrected chi connectivity index (χ2v) is 3.25. The highest BCUT2D eigenvalue weighted by atomic mass is 14.6. The van der Waals surface area contributed by atoms with Crippen LogP contribution in [0.4, 0.5) is 5.69 Å². The molecular weight excluding hydrogens is 184 g/mol. The van der Waals surface area contributed by atoms with Gasteiger partial charge in [0.1, 0.15) is 0 Å². The van der Waals surface area contributed by atoms with Crippen LogP contribution in [0.15, 0.2) is 48.7 Å². The molecule has 2 heteroatoms. The molecule has 0 fully saturated rings. The molecule has 0 aliphatic rings. The second kappa shape index (κ2) is 4.42. The van der Waals surface area contributed by atoms with Crippen LogP contribution < -0.4 is 5.73 Å². The number of hydrogen-bond acceptors (Lipinski definition) is 2. The third-order valence-electron chi connectivity index (χ3n) is 2.07. The Bertz CT molecular complexity index is 444. The Morgan fingerprint density at radius 1 is 0.933 bits per heavy atom. The summed E-state index contributed by atoms with van der Waals surface area (Å²) in [6, 6.07) is 13.6. The Hall–Kier alpha value is -2.09. The quantitative estimate of drug-likeness (QED) is 0.750. The first-order chi connectivity index (χ1) is 7.34. The number of rotatable bonds is 2. The van der Waals surface area contributed by atoms with Crippen LogP contribution in [0, 0.1) is 0 Å². The number of aromatic nitrogens is 1. The molecular formula is C13H12N2. The summed E-state index contributed by atoms with van der Waals surface area (Å²) in [6.45, 7) is 0. The molecule has 0 saturated heterocycles. The van der Waals surface area contributed by atoms with Gasteiger partial charge in [-0.3, -0.25) is 4.98 Å². The minimum atomic E-state index is 0.782. The molecule has 1 aromatic heterocycles. The summed E-state index contributed by atoms with van der Waals surface area (Å²) in [5.41, 5.74) is 8.45. The van der Waals surface area contributed by atoms with E-state index in [0.29, 0.717) is 0 Å². The van der Waals surface area contributed by atoms with Gasteiger partial charge in [0.25, 0.3) is 0 Å². The lowest BCUT2D eigenvalue weighted by molar-refractivity contribution is 1.30. The highest BCUT2D eigenvalue weighted by Crippen LogP contribution is 2.08. The van der Waals surface area contributed by atoms with Gasteiger partial charge in [0.15, 0.2) is 0 Å². The van der Waals surface area contributed by atoms with Crippen molar-refractivity contribution < 1.29 is 0 Å². The number of nitrogens with zero attached hydrogens (tertiary/aromatic N) is 1. The number of pyridine rings is 1. The fraction of sp³-hybridized carbons (Fsp3) is 0. The van der Waals surface area contributed by atoms with Crippen molar-refractivity contribution in [3.05, 3.63) is 59.9 Å². The van der Waals surface area contributed by atoms with Crippen LogP contribution in [0.1, 0.15) is 11.3 Å². The van der Waals surface area contributed by atoms with E-state index >= 15 is 0 Å². The maximum Gasteiger partial charge on any atom is 0.0629 e. The zero-order chi connectivity index (χ0) is 10.5. The van der Waals surface area contributed by atoms with E-state index < -0.39 is 0 Å². The molecule has 0 unspecified atom stereocenters. The minimum Gasteiger partial charge on any atom is -0.399 e. The number of anilines is 1. The van der Waals surface area contributed by atoms with Crippen LogP contribution in [0.25, 0.3) is 12.2 Å². The maximum atomic E-state index is 5.60. The third kappa shape index (κ3) is 2.68. The van der Waals surface area contributed by atoms with Gasteiger partial charge >= 0.3 is 0 Å². The van der Waals surface area contributed by atoms with Crippen LogP contribution in [0.5, 0.6) is 0 Å². The lowest BCUT2D eigenvalue weighted by Gasteiger charge is -1.94. The summed E-state index contributed by atoms with van der Waals surface area (Å²) >= 11 is 0. The lowest BCUT2D eigenvalue weighted by atomic mass is 10.2. The van der Waals surface area contributed by atoms with Gasteiger partial charge in [0.05, 0.1) is 5.69 Å². The van der Waals surface area contributed by atoms with Gasteiger partial charge in [-0.1, -0.05) is 24.3 Å². The molecule has 0 amide bonds. The molecule has 0 aliphatic carbocycles. The smallest absolute Gasteiger partial charge is 0.0629 e. The summed E-state index contributed by atoms with van der Waals surface area (Å²) in [4.78, 5) is 4.20. The van der Waals surface area contributed by atoms with E-state index in [9.17, 15) is 0 Å². The van der Waals surface area contributed by atoms with Gasteiger partial charge in [-0.15, -0.1) is 0 Å². The first-order valence-electron chi connectivity index (χ1n) is 4.79. The zero-order valence-electron chi connectivity index (χ0n) is 8.30. The molecule has 2 rings (SSSR count). The fourth-order valence-corrected chi connectivity index (χ4v) is 1.26. The molecule has 0 atom stereocenters. The minimum absolute atomic E-state index is 0.782. The van der Waals surface area contributed by atoms with Gasteiger partial charge < -0.3 is 5.73 Å². The maximum absolute atomic E-state index is 5.60. The van der Waals surface area contributed by atoms with Crippen molar-refractivity contribution in [3.63, 3.8) is 0 Å². The second-order valence-electron chi connectivity index (χ2n) is 3.25. The average molecular weight is 196 g/mol. The van der Waals surface area contributed by atoms with Crippen molar-refractivity contribution in [2.45, 2.75) is 0 Å². The highest BCUT2D eigenvalue weighted by Gasteiger charge is 1.88. The van der Waals surface area contributed by atoms with E-state index in [4.69, 9.17) is 5.73 Å². The Labute approximate surface area is 89.1 Å². The highest BCUT2D eigenvalue weighted by molar-refractivity contribution is 5.68. The first-order valence-corrected chi connectivity index (χ1v) is 4.79. The van der Waals surface area contributed by atoms with E-state index in [-0.39, 0.29) is 0 Å². The van der Waals surface area contributed by atoms with Crippen molar-refractivity contribution in [2.24, 2.45) is 0 Å². The monoisotopic (exact) mass is 196 g/mol. The van der Waals surface area contributed by atoms with E-state index in [1.54, 1.807) is 6.20 Å². The molecule has 2 nitrogen and oxygen atoms in total. The SMILES string of the molecule is Nc1ccc(C=Cc2ccccn2)cc1. The van der Waals surface area contributed by atoms with E-state index in [2.05, 4.69) is 4.98 Å². The standard InChI is InChI=1S/C13H12N2/c14-12-7-4-11(5-8-12)6-9-13-3-1-2-10-15-13/h1-10H,14H2. The Kier molecular flexibility index (Phi) is 2.79. The van der Waals surface area contributed by atoms with Crippen molar-refractivity contribution in [3.8, 4) is 0 Å². The normalized spacial score (nSPS) is 10.7. The fourth-order valence-electron chi connectivity index (χ4n) is 1.26. The van der Waals surface area contributed by atoms with Crippen LogP contribution in [-0.4, -0.2) is 4.98 Å². The van der Waals surface area contributed by atoms with Crippen molar-refractivity contribution in [1.29, 1.82) is 0 Å². The molecule has 2 N–H and O–H groups in total. The van der Waals surface area contributed by atoms with Crippen LogP contribution in [-0.2, 0) is 0 Å². The summed E-state index contributed by atoms with van der Waals surface area (Å²) < 4.78 is 0. The van der Waals surface area contributed by atoms with E-state index in [1.807, 2.05) is 54.6 Å². The average Bonchev–Trinajstić information content (AvgIpc) is 2.30. The Balaban J connectivity index is 2.15. The largest absolute Gasteiger partial charge is 0.399 e. The van der Waals surface area contributed by atoms with Crippen molar-refractivity contribution in [1.82, 2.24) is 4.98 Å². The molecule has 15 heavy (non-hydrogen) atoms. The Morgan fingerprint density at radius 2 is 1.73 bits per heavy atom. The number of hydrogen-bond donors (Lipinski definition) is 1. The topological polar surface area (TPSA) is 38.9 Å². The van der Waals surface area contributed by atoms with Crippen molar-refractivity contribution in [2.75, 3.05) is 5.73 Å². The number of benzene rings is 1. The summed E-state index contributed by atoms with van der Waals surface area (Å²) in [7, 11) is 0. The predicted octanol–water partition coefficient (Wildman–Crippen LogP) is 2.83. The van der Waals surface area contributed by atoms with Gasteiger partial charge in [-0.25, -0.2) is 0 Å². The van der Waals surface area contributed by atoms with Gasteiger partial charge in [-0.2, -0.15) is 0 Å². The number of nitrogens with two attached hydrogens (primary N) is 1. The van der Waals surface area contributed by atoms with Crippen molar-refractivity contribution >= 4 is 17.8 Å². The molecule has 1 aromatic carbocycles. The van der Waals surface area contributed by atoms with Gasteiger partial charge in [0, 0.05) is 11.9 Å². The molecule has 0 spiro atoms. The molecule has 0 saturated carbocycles. The third-order valence-corrected chi connectivity index (χ3v) is 2.07. The molecule has 1 heterocycles. The summed E-state index contributed by atoms with van der Waals surface area (Å²) in [6.07, 6.45) is 5.77. The van der Waals surface area contributed by atoms with Crippen LogP contribution in [0.2, 0.25) is 0 Å². The molecule has 74 valence electrons. The van der Waals surface area contributed by atoms with Crippen LogP contribution in [0.3, 0.4) is 0 Å². The van der Waals surface area contributed by atoms with E-state index in [1.165, 1.54) is 0 Å². The molecule has 0 aliphatic heterocycles. The van der Waals surface area contributed by atoms with Gasteiger partial charge in [0.2, 0.25) is 0 Å². The van der Waals surface area contributed by atoms with E-state index in [0.717, 1.165) is 16.9 Å². The lowest BCUT2D eigenvalue weighted by Crippen LogP contribution is -1.82. The first kappa shape index (κ1) is 9.46. The zero-order valence-corrected chi connectivity index (χ0v) is 8.30. The molecule has 0 radical (unpaired) electrons. The van der Waals surface area contributed by atoms with Gasteiger partial charge in [-0.05, 0) is 35.9 Å². The van der Waals surface area contributed by atoms with Crippen LogP contribution >= 0.6 is 0 Å². The summed E-state index contributed by atoms with van der Waals surface area (Å²) in [5.74, 6) is 0. The number of nitrogen functional groups attached to an aromatic ring is 1.